The van der Waals surface area contributed by atoms with E-state index in [2.05, 4.69) is 0 Å². The molecule has 1 rings (SSSR count). The third kappa shape index (κ3) is 3.46. The molecule has 0 aromatic heterocycles. The average molecular weight is 235 g/mol. The Morgan fingerprint density at radius 3 is 2.73 bits per heavy atom. The highest BCUT2D eigenvalue weighted by Gasteiger charge is 2.30. The second-order valence-electron chi connectivity index (χ2n) is 3.71. The molecular weight excluding hydrogens is 218 g/mol. The van der Waals surface area contributed by atoms with E-state index in [1.54, 1.807) is 6.92 Å². The van der Waals surface area contributed by atoms with Gasteiger partial charge in [-0.2, -0.15) is 0 Å². The largest absolute Gasteiger partial charge is 0.466 e. The van der Waals surface area contributed by atoms with Crippen molar-refractivity contribution in [2.45, 2.75) is 19.8 Å². The highest BCUT2D eigenvalue weighted by atomic mass is 32.2. The van der Waals surface area contributed by atoms with Gasteiger partial charge in [0.05, 0.1) is 18.8 Å². The molecule has 0 aliphatic carbocycles. The fourth-order valence-electron chi connectivity index (χ4n) is 1.70. The lowest BCUT2D eigenvalue weighted by atomic mass is 10.0. The number of carbonyl (C=O) groups excluding carboxylic acids is 1. The lowest BCUT2D eigenvalue weighted by Crippen LogP contribution is -2.42. The summed E-state index contributed by atoms with van der Waals surface area (Å²) >= 11 is 0. The molecule has 0 N–H and O–H groups in total. The first-order valence-corrected chi connectivity index (χ1v) is 6.91. The molecule has 5 nitrogen and oxygen atoms in total. The van der Waals surface area contributed by atoms with Gasteiger partial charge in [0.2, 0.25) is 10.0 Å². The Hall–Kier alpha value is -0.620. The Balaban J connectivity index is 2.60. The van der Waals surface area contributed by atoms with Gasteiger partial charge in [-0.05, 0) is 19.8 Å². The van der Waals surface area contributed by atoms with Crippen LogP contribution in [0.4, 0.5) is 0 Å². The summed E-state index contributed by atoms with van der Waals surface area (Å²) in [6.45, 7) is 2.86. The van der Waals surface area contributed by atoms with E-state index in [1.165, 1.54) is 10.6 Å². The van der Waals surface area contributed by atoms with Crippen LogP contribution in [0.2, 0.25) is 0 Å². The van der Waals surface area contributed by atoms with Crippen LogP contribution in [0.3, 0.4) is 0 Å². The van der Waals surface area contributed by atoms with E-state index in [9.17, 15) is 13.2 Å². The summed E-state index contributed by atoms with van der Waals surface area (Å²) in [7, 11) is -3.18. The topological polar surface area (TPSA) is 63.7 Å². The molecule has 1 atom stereocenters. The van der Waals surface area contributed by atoms with Crippen LogP contribution in [-0.2, 0) is 19.6 Å². The van der Waals surface area contributed by atoms with E-state index in [0.717, 1.165) is 6.42 Å². The minimum atomic E-state index is -3.18. The fraction of sp³-hybridized carbons (Fsp3) is 0.889. The Morgan fingerprint density at radius 1 is 1.53 bits per heavy atom. The Kier molecular flexibility index (Phi) is 4.10. The average Bonchev–Trinajstić information content (AvgIpc) is 2.17. The van der Waals surface area contributed by atoms with Gasteiger partial charge in [-0.3, -0.25) is 4.79 Å². The van der Waals surface area contributed by atoms with Crippen LogP contribution >= 0.6 is 0 Å². The fourth-order valence-corrected chi connectivity index (χ4v) is 2.61. The molecular formula is C9H17NO4S. The SMILES string of the molecule is CCOC(=O)C1CCCN(S(C)(=O)=O)C1. The van der Waals surface area contributed by atoms with E-state index < -0.39 is 10.0 Å². The van der Waals surface area contributed by atoms with Crippen LogP contribution in [0.25, 0.3) is 0 Å². The summed E-state index contributed by atoms with van der Waals surface area (Å²) in [6.07, 6.45) is 2.60. The number of hydrogen-bond acceptors (Lipinski definition) is 4. The van der Waals surface area contributed by atoms with Gasteiger partial charge >= 0.3 is 5.97 Å². The number of carbonyl (C=O) groups is 1. The van der Waals surface area contributed by atoms with Crippen LogP contribution in [0.15, 0.2) is 0 Å². The first kappa shape index (κ1) is 12.4. The van der Waals surface area contributed by atoms with E-state index in [-0.39, 0.29) is 18.4 Å². The maximum atomic E-state index is 11.4. The molecule has 15 heavy (non-hydrogen) atoms. The molecule has 1 aliphatic heterocycles. The van der Waals surface area contributed by atoms with E-state index in [4.69, 9.17) is 4.74 Å². The first-order valence-electron chi connectivity index (χ1n) is 5.07. The van der Waals surface area contributed by atoms with Crippen molar-refractivity contribution < 1.29 is 17.9 Å². The van der Waals surface area contributed by atoms with Crippen molar-refractivity contribution in [2.24, 2.45) is 5.92 Å². The molecule has 0 bridgehead atoms. The summed E-state index contributed by atoms with van der Waals surface area (Å²) in [4.78, 5) is 11.4. The molecule has 6 heteroatoms. The van der Waals surface area contributed by atoms with E-state index in [1.807, 2.05) is 0 Å². The van der Waals surface area contributed by atoms with Crippen LogP contribution in [0.5, 0.6) is 0 Å². The van der Waals surface area contributed by atoms with E-state index in [0.29, 0.717) is 19.6 Å². The highest BCUT2D eigenvalue weighted by molar-refractivity contribution is 7.88. The zero-order chi connectivity index (χ0) is 11.5. The van der Waals surface area contributed by atoms with Gasteiger partial charge in [0.25, 0.3) is 0 Å². The third-order valence-corrected chi connectivity index (χ3v) is 3.74. The minimum absolute atomic E-state index is 0.262. The molecule has 0 saturated carbocycles. The van der Waals surface area contributed by atoms with Gasteiger partial charge in [-0.1, -0.05) is 0 Å². The van der Waals surface area contributed by atoms with Crippen molar-refractivity contribution in [1.29, 1.82) is 0 Å². The van der Waals surface area contributed by atoms with Gasteiger partial charge in [0.15, 0.2) is 0 Å². The second kappa shape index (κ2) is 4.94. The molecule has 88 valence electrons. The summed E-state index contributed by atoms with van der Waals surface area (Å²) in [5.74, 6) is -0.584. The normalized spacial score (nSPS) is 23.7. The second-order valence-corrected chi connectivity index (χ2v) is 5.69. The number of ether oxygens (including phenoxy) is 1. The van der Waals surface area contributed by atoms with Crippen molar-refractivity contribution in [3.8, 4) is 0 Å². The highest BCUT2D eigenvalue weighted by Crippen LogP contribution is 2.19. The maximum absolute atomic E-state index is 11.4. The van der Waals surface area contributed by atoms with Crippen LogP contribution in [-0.4, -0.2) is 44.6 Å². The predicted octanol–water partition coefficient (Wildman–Crippen LogP) is 0.221. The predicted molar refractivity (Wildman–Crippen MR) is 55.8 cm³/mol. The first-order chi connectivity index (χ1) is 6.95. The lowest BCUT2D eigenvalue weighted by Gasteiger charge is -2.29. The molecule has 0 amide bonds. The Morgan fingerprint density at radius 2 is 2.20 bits per heavy atom. The summed E-state index contributed by atoms with van der Waals surface area (Å²) in [5.41, 5.74) is 0. The quantitative estimate of drug-likeness (QED) is 0.656. The number of hydrogen-bond donors (Lipinski definition) is 0. The van der Waals surface area contributed by atoms with Gasteiger partial charge in [-0.25, -0.2) is 12.7 Å². The number of esters is 1. The van der Waals surface area contributed by atoms with Gasteiger partial charge < -0.3 is 4.74 Å². The zero-order valence-corrected chi connectivity index (χ0v) is 9.92. The van der Waals surface area contributed by atoms with Crippen molar-refractivity contribution in [3.05, 3.63) is 0 Å². The molecule has 0 aromatic rings. The number of sulfonamides is 1. The molecule has 1 unspecified atom stereocenters. The lowest BCUT2D eigenvalue weighted by molar-refractivity contribution is -0.149. The van der Waals surface area contributed by atoms with Gasteiger partial charge in [0.1, 0.15) is 0 Å². The smallest absolute Gasteiger partial charge is 0.310 e. The Labute approximate surface area is 90.4 Å². The molecule has 1 heterocycles. The minimum Gasteiger partial charge on any atom is -0.466 e. The molecule has 1 fully saturated rings. The number of rotatable bonds is 3. The van der Waals surface area contributed by atoms with Crippen molar-refractivity contribution in [1.82, 2.24) is 4.31 Å². The van der Waals surface area contributed by atoms with Crippen LogP contribution < -0.4 is 0 Å². The number of piperidine rings is 1. The van der Waals surface area contributed by atoms with Gasteiger partial charge in [0, 0.05) is 13.1 Å². The summed E-state index contributed by atoms with van der Waals surface area (Å²) in [6, 6.07) is 0. The van der Waals surface area contributed by atoms with Crippen molar-refractivity contribution in [3.63, 3.8) is 0 Å². The molecule has 0 radical (unpaired) electrons. The van der Waals surface area contributed by atoms with E-state index >= 15 is 0 Å². The van der Waals surface area contributed by atoms with Crippen LogP contribution in [0, 0.1) is 5.92 Å². The molecule has 1 saturated heterocycles. The third-order valence-electron chi connectivity index (χ3n) is 2.47. The van der Waals surface area contributed by atoms with Gasteiger partial charge in [-0.15, -0.1) is 0 Å². The zero-order valence-electron chi connectivity index (χ0n) is 9.10. The Bertz CT molecular complexity index is 325. The maximum Gasteiger partial charge on any atom is 0.310 e. The molecule has 0 aromatic carbocycles. The molecule has 1 aliphatic rings. The molecule has 0 spiro atoms. The summed E-state index contributed by atoms with van der Waals surface area (Å²) < 4.78 is 28.8. The standard InChI is InChI=1S/C9H17NO4S/c1-3-14-9(11)8-5-4-6-10(7-8)15(2,12)13/h8H,3-7H2,1-2H3. The summed E-state index contributed by atoms with van der Waals surface area (Å²) in [5, 5.41) is 0. The number of nitrogens with zero attached hydrogens (tertiary/aromatic N) is 1. The van der Waals surface area contributed by atoms with Crippen molar-refractivity contribution >= 4 is 16.0 Å². The monoisotopic (exact) mass is 235 g/mol. The van der Waals surface area contributed by atoms with Crippen LogP contribution in [0.1, 0.15) is 19.8 Å². The van der Waals surface area contributed by atoms with Crippen molar-refractivity contribution in [2.75, 3.05) is 26.0 Å².